The lowest BCUT2D eigenvalue weighted by atomic mass is 10.1. The Labute approximate surface area is 376 Å². The third-order valence-electron chi connectivity index (χ3n) is 8.60. The van der Waals surface area contributed by atoms with Crippen LogP contribution in [0.5, 0.6) is 0 Å². The SMILES string of the molecule is C.C.C.C.C.C.CC(C)(C)NCCCCCNC(C)(C)C.CC(C)CCC[N+](C)(C)CCCN(C)C.CC(C)CNCCCCCCCNCC(C)C.CCCCC. The maximum Gasteiger partial charge on any atom is 0.0794 e. The fourth-order valence-corrected chi connectivity index (χ4v) is 5.37. The smallest absolute Gasteiger partial charge is 0.0794 e. The molecule has 368 valence electrons. The third kappa shape index (κ3) is 95.9. The summed E-state index contributed by atoms with van der Waals surface area (Å²) in [5.74, 6) is 2.41. The van der Waals surface area contributed by atoms with E-state index in [4.69, 9.17) is 0 Å². The normalized spacial score (nSPS) is 10.9. The van der Waals surface area contributed by atoms with Gasteiger partial charge in [0.2, 0.25) is 0 Å². The summed E-state index contributed by atoms with van der Waals surface area (Å²) in [6, 6.07) is 0. The highest BCUT2D eigenvalue weighted by Gasteiger charge is 2.14. The van der Waals surface area contributed by atoms with Crippen LogP contribution in [0.25, 0.3) is 0 Å². The number of unbranched alkanes of at least 4 members (excludes halogenated alkanes) is 8. The summed E-state index contributed by atoms with van der Waals surface area (Å²) in [7, 11) is 9.02. The van der Waals surface area contributed by atoms with Gasteiger partial charge >= 0.3 is 0 Å². The minimum atomic E-state index is 0. The first-order valence-electron chi connectivity index (χ1n) is 22.5. The molecule has 0 amide bonds. The summed E-state index contributed by atoms with van der Waals surface area (Å²) < 4.78 is 1.18. The third-order valence-corrected chi connectivity index (χ3v) is 8.60. The van der Waals surface area contributed by atoms with Crippen molar-refractivity contribution >= 4 is 0 Å². The van der Waals surface area contributed by atoms with Crippen molar-refractivity contribution in [3.63, 3.8) is 0 Å². The number of nitrogens with one attached hydrogen (secondary N) is 4. The number of hydrogen-bond donors (Lipinski definition) is 4. The van der Waals surface area contributed by atoms with Gasteiger partial charge in [0.1, 0.15) is 0 Å². The molecule has 0 saturated heterocycles. The van der Waals surface area contributed by atoms with Gasteiger partial charge in [-0.25, -0.2) is 0 Å². The van der Waals surface area contributed by atoms with E-state index >= 15 is 0 Å². The van der Waals surface area contributed by atoms with Crippen molar-refractivity contribution in [1.29, 1.82) is 0 Å². The molecular formula is C52H131N6+. The van der Waals surface area contributed by atoms with Crippen LogP contribution in [0.15, 0.2) is 0 Å². The van der Waals surface area contributed by atoms with Gasteiger partial charge < -0.3 is 30.7 Å². The second-order valence-electron chi connectivity index (χ2n) is 19.8. The highest BCUT2D eigenvalue weighted by Crippen LogP contribution is 2.09. The molecule has 0 radical (unpaired) electrons. The zero-order valence-electron chi connectivity index (χ0n) is 39.9. The Hall–Kier alpha value is -0.240. The molecule has 0 heterocycles. The van der Waals surface area contributed by atoms with Gasteiger partial charge in [-0.05, 0) is 151 Å². The van der Waals surface area contributed by atoms with E-state index in [-0.39, 0.29) is 55.6 Å². The molecule has 0 unspecified atom stereocenters. The predicted molar refractivity (Wildman–Crippen MR) is 283 cm³/mol. The number of quaternary nitrogens is 1. The van der Waals surface area contributed by atoms with Crippen molar-refractivity contribution in [2.45, 2.75) is 242 Å². The molecule has 0 saturated carbocycles. The molecular weight excluding hydrogens is 709 g/mol. The predicted octanol–water partition coefficient (Wildman–Crippen LogP) is 14.8. The van der Waals surface area contributed by atoms with Crippen LogP contribution in [0.1, 0.15) is 231 Å². The zero-order valence-corrected chi connectivity index (χ0v) is 39.9. The van der Waals surface area contributed by atoms with E-state index in [9.17, 15) is 0 Å². The van der Waals surface area contributed by atoms with Crippen LogP contribution in [0.4, 0.5) is 0 Å². The minimum absolute atomic E-state index is 0. The lowest BCUT2D eigenvalue weighted by Gasteiger charge is -2.30. The molecule has 6 nitrogen and oxygen atoms in total. The Bertz CT molecular complexity index is 610. The van der Waals surface area contributed by atoms with Crippen molar-refractivity contribution in [3.8, 4) is 0 Å². The first-order chi connectivity index (χ1) is 24.1. The molecule has 0 aliphatic rings. The molecule has 0 fully saturated rings. The van der Waals surface area contributed by atoms with Crippen LogP contribution in [0.2, 0.25) is 0 Å². The van der Waals surface area contributed by atoms with Crippen molar-refractivity contribution < 1.29 is 4.48 Å². The molecule has 6 heteroatoms. The van der Waals surface area contributed by atoms with Crippen molar-refractivity contribution in [2.24, 2.45) is 17.8 Å². The Balaban J connectivity index is -0.0000000670. The van der Waals surface area contributed by atoms with E-state index in [1.165, 1.54) is 140 Å². The minimum Gasteiger partial charge on any atom is -0.328 e. The van der Waals surface area contributed by atoms with E-state index < -0.39 is 0 Å². The Morgan fingerprint density at radius 1 is 0.448 bits per heavy atom. The number of rotatable bonds is 28. The summed E-state index contributed by atoms with van der Waals surface area (Å²) in [5, 5.41) is 14.0. The Morgan fingerprint density at radius 3 is 1.07 bits per heavy atom. The van der Waals surface area contributed by atoms with Crippen LogP contribution in [0.3, 0.4) is 0 Å². The average molecular weight is 841 g/mol. The van der Waals surface area contributed by atoms with Gasteiger partial charge in [-0.1, -0.05) is 145 Å². The van der Waals surface area contributed by atoms with Crippen LogP contribution in [-0.4, -0.2) is 108 Å². The van der Waals surface area contributed by atoms with E-state index in [1.54, 1.807) is 0 Å². The Kier molecular flexibility index (Phi) is 77.0. The summed E-state index contributed by atoms with van der Waals surface area (Å²) in [4.78, 5) is 2.27. The van der Waals surface area contributed by atoms with E-state index in [1.807, 2.05) is 0 Å². The molecule has 0 aliphatic heterocycles. The molecule has 0 aromatic rings. The monoisotopic (exact) mass is 840 g/mol. The topological polar surface area (TPSA) is 51.4 Å². The van der Waals surface area contributed by atoms with Gasteiger partial charge in [0.05, 0.1) is 27.2 Å². The first-order valence-corrected chi connectivity index (χ1v) is 22.5. The molecule has 58 heavy (non-hydrogen) atoms. The molecule has 0 rings (SSSR count). The zero-order chi connectivity index (χ0) is 40.9. The van der Waals surface area contributed by atoms with Crippen molar-refractivity contribution in [2.75, 3.05) is 87.1 Å². The molecule has 0 atom stereocenters. The number of nitrogens with zero attached hydrogens (tertiary/aromatic N) is 2. The maximum atomic E-state index is 3.51. The summed E-state index contributed by atoms with van der Waals surface area (Å²) in [6.07, 6.45) is 18.8. The molecule has 0 spiro atoms. The van der Waals surface area contributed by atoms with Crippen LogP contribution in [-0.2, 0) is 0 Å². The molecule has 0 aliphatic carbocycles. The van der Waals surface area contributed by atoms with Crippen LogP contribution >= 0.6 is 0 Å². The standard InChI is InChI=1S/C15H34N2.C13H31N2.C13H30N2.C5H12.6CH4/c1-14(2)12-16-10-8-6-5-7-9-11-17-13-15(3)4;1-13(2)9-7-11-15(5,6)12-8-10-14(3)4;1-12(2,3)14-10-8-7-9-11-15-13(4,5)6;1-3-5-4-2;;;;;;/h14-17H,5-13H2,1-4H3;13H,7-12H2,1-6H3;14-15H,7-11H2,1-6H3;3-5H2,1-2H3;6*1H4/q;+1;;;;;;;;. The number of hydrogen-bond acceptors (Lipinski definition) is 5. The van der Waals surface area contributed by atoms with Crippen molar-refractivity contribution in [1.82, 2.24) is 26.2 Å². The molecule has 4 N–H and O–H groups in total. The van der Waals surface area contributed by atoms with Gasteiger partial charge in [0, 0.05) is 24.0 Å². The fourth-order valence-electron chi connectivity index (χ4n) is 5.37. The van der Waals surface area contributed by atoms with Crippen molar-refractivity contribution in [3.05, 3.63) is 0 Å². The van der Waals surface area contributed by atoms with Crippen LogP contribution in [0, 0.1) is 17.8 Å². The Morgan fingerprint density at radius 2 is 0.776 bits per heavy atom. The summed E-state index contributed by atoms with van der Waals surface area (Å²) in [6.45, 7) is 42.2. The summed E-state index contributed by atoms with van der Waals surface area (Å²) >= 11 is 0. The maximum absolute atomic E-state index is 3.51. The summed E-state index contributed by atoms with van der Waals surface area (Å²) in [5.41, 5.74) is 0.535. The van der Waals surface area contributed by atoms with Crippen LogP contribution < -0.4 is 21.3 Å². The molecule has 0 aromatic carbocycles. The van der Waals surface area contributed by atoms with E-state index in [2.05, 4.69) is 151 Å². The van der Waals surface area contributed by atoms with E-state index in [0.29, 0.717) is 0 Å². The average Bonchev–Trinajstić information content (AvgIpc) is 2.99. The van der Waals surface area contributed by atoms with Gasteiger partial charge in [0.25, 0.3) is 0 Å². The first kappa shape index (κ1) is 81.6. The highest BCUT2D eigenvalue weighted by atomic mass is 15.3. The van der Waals surface area contributed by atoms with Gasteiger partial charge in [-0.2, -0.15) is 0 Å². The highest BCUT2D eigenvalue weighted by molar-refractivity contribution is 4.71. The van der Waals surface area contributed by atoms with E-state index in [0.717, 1.165) is 30.8 Å². The largest absolute Gasteiger partial charge is 0.328 e. The lowest BCUT2D eigenvalue weighted by molar-refractivity contribution is -0.890. The quantitative estimate of drug-likeness (QED) is 0.0467. The van der Waals surface area contributed by atoms with Gasteiger partial charge in [-0.15, -0.1) is 0 Å². The second-order valence-corrected chi connectivity index (χ2v) is 19.8. The molecule has 0 aromatic heterocycles. The van der Waals surface area contributed by atoms with Gasteiger partial charge in [0.15, 0.2) is 0 Å². The fraction of sp³-hybridized carbons (Fsp3) is 1.00. The molecule has 0 bridgehead atoms. The second kappa shape index (κ2) is 54.8. The lowest BCUT2D eigenvalue weighted by Crippen LogP contribution is -2.42. The van der Waals surface area contributed by atoms with Gasteiger partial charge in [-0.3, -0.25) is 0 Å².